The minimum absolute atomic E-state index is 0.0921. The molecule has 0 radical (unpaired) electrons. The van der Waals surface area contributed by atoms with Gasteiger partial charge in [0.1, 0.15) is 0 Å². The van der Waals surface area contributed by atoms with E-state index in [1.54, 1.807) is 0 Å². The van der Waals surface area contributed by atoms with Gasteiger partial charge in [0, 0.05) is 30.4 Å². The Labute approximate surface area is 133 Å². The van der Waals surface area contributed by atoms with Crippen LogP contribution in [0.4, 0.5) is 5.13 Å². The lowest BCUT2D eigenvalue weighted by Gasteiger charge is -2.20. The molecule has 5 fully saturated rings. The highest BCUT2D eigenvalue weighted by Gasteiger charge is 2.82. The number of aliphatic hydroxyl groups is 1. The van der Waals surface area contributed by atoms with Gasteiger partial charge in [-0.1, -0.05) is 0 Å². The van der Waals surface area contributed by atoms with Gasteiger partial charge in [0.2, 0.25) is 5.91 Å². The van der Waals surface area contributed by atoms with Crippen LogP contribution in [0.15, 0.2) is 5.38 Å². The van der Waals surface area contributed by atoms with E-state index in [9.17, 15) is 9.90 Å². The zero-order valence-corrected chi connectivity index (χ0v) is 13.1. The third-order valence-corrected chi connectivity index (χ3v) is 7.17. The van der Waals surface area contributed by atoms with Gasteiger partial charge in [-0.05, 0) is 37.5 Å². The standard InChI is InChI=1S/C16H20N2O3S/c19-13-9-5-10-12(13)16(10,6-9)14(20)18-15-17-11(7-22-15)8-1-3-21-4-2-8/h7-10,12-13,19H,1-6H2,(H,17,18,20)/t9-,10+,12?,13-,16+/m0/s1. The molecule has 5 aliphatic rings. The summed E-state index contributed by atoms with van der Waals surface area (Å²) in [7, 11) is 0. The summed E-state index contributed by atoms with van der Waals surface area (Å²) in [5.74, 6) is 1.54. The molecular formula is C16H20N2O3S. The third-order valence-electron chi connectivity index (χ3n) is 6.39. The molecule has 6 heteroatoms. The average molecular weight is 320 g/mol. The second-order valence-electron chi connectivity index (χ2n) is 7.28. The van der Waals surface area contributed by atoms with Crippen LogP contribution in [0.2, 0.25) is 0 Å². The predicted molar refractivity (Wildman–Crippen MR) is 81.7 cm³/mol. The van der Waals surface area contributed by atoms with Crippen molar-refractivity contribution < 1.29 is 14.6 Å². The fourth-order valence-corrected chi connectivity index (χ4v) is 6.07. The second kappa shape index (κ2) is 4.52. The van der Waals surface area contributed by atoms with Crippen LogP contribution in [-0.4, -0.2) is 35.3 Å². The summed E-state index contributed by atoms with van der Waals surface area (Å²) < 4.78 is 5.39. The molecule has 4 saturated carbocycles. The number of nitrogens with zero attached hydrogens (tertiary/aromatic N) is 1. The Morgan fingerprint density at radius 2 is 2.27 bits per heavy atom. The Balaban J connectivity index is 1.29. The van der Waals surface area contributed by atoms with Crippen molar-refractivity contribution in [3.8, 4) is 0 Å². The summed E-state index contributed by atoms with van der Waals surface area (Å²) in [4.78, 5) is 17.3. The molecule has 0 spiro atoms. The normalized spacial score (nSPS) is 42.6. The zero-order valence-electron chi connectivity index (χ0n) is 12.3. The van der Waals surface area contributed by atoms with Gasteiger partial charge in [0.15, 0.2) is 5.13 Å². The van der Waals surface area contributed by atoms with E-state index in [0.717, 1.165) is 44.6 Å². The first-order chi connectivity index (χ1) is 10.7. The first-order valence-electron chi connectivity index (χ1n) is 8.23. The molecule has 4 bridgehead atoms. The van der Waals surface area contributed by atoms with Crippen LogP contribution in [-0.2, 0) is 9.53 Å². The lowest BCUT2D eigenvalue weighted by Crippen LogP contribution is -2.25. The van der Waals surface area contributed by atoms with Gasteiger partial charge < -0.3 is 15.2 Å². The SMILES string of the molecule is O=C(Nc1nc(C2CCOCC2)cs1)[C@]12C[C@@H]3C[C@@H]1C2[C@H]3O. The van der Waals surface area contributed by atoms with E-state index in [4.69, 9.17) is 4.74 Å². The van der Waals surface area contributed by atoms with Crippen LogP contribution in [0.25, 0.3) is 0 Å². The van der Waals surface area contributed by atoms with Crippen molar-refractivity contribution >= 4 is 22.4 Å². The summed E-state index contributed by atoms with van der Waals surface area (Å²) in [5.41, 5.74) is 0.818. The molecule has 22 heavy (non-hydrogen) atoms. The summed E-state index contributed by atoms with van der Waals surface area (Å²) in [6.45, 7) is 1.60. The van der Waals surface area contributed by atoms with E-state index in [1.807, 2.05) is 0 Å². The molecule has 4 aliphatic carbocycles. The maximum Gasteiger partial charge on any atom is 0.233 e. The summed E-state index contributed by atoms with van der Waals surface area (Å²) in [5, 5.41) is 15.9. The van der Waals surface area contributed by atoms with E-state index in [-0.39, 0.29) is 23.3 Å². The molecule has 1 aliphatic heterocycles. The number of aliphatic hydroxyl groups excluding tert-OH is 1. The lowest BCUT2D eigenvalue weighted by molar-refractivity contribution is -0.121. The van der Waals surface area contributed by atoms with Crippen LogP contribution in [0.5, 0.6) is 0 Å². The Morgan fingerprint density at radius 1 is 1.45 bits per heavy atom. The molecule has 0 aromatic carbocycles. The highest BCUT2D eigenvalue weighted by atomic mass is 32.1. The van der Waals surface area contributed by atoms with Gasteiger partial charge in [-0.15, -0.1) is 11.3 Å². The smallest absolute Gasteiger partial charge is 0.233 e. The van der Waals surface area contributed by atoms with Crippen LogP contribution >= 0.6 is 11.3 Å². The monoisotopic (exact) mass is 320 g/mol. The van der Waals surface area contributed by atoms with Crippen molar-refractivity contribution in [2.24, 2.45) is 23.2 Å². The van der Waals surface area contributed by atoms with Gasteiger partial charge in [-0.25, -0.2) is 4.98 Å². The van der Waals surface area contributed by atoms with Crippen molar-refractivity contribution in [3.05, 3.63) is 11.1 Å². The number of nitrogens with one attached hydrogen (secondary N) is 1. The molecule has 1 amide bonds. The van der Waals surface area contributed by atoms with Gasteiger partial charge in [0.05, 0.1) is 17.2 Å². The minimum atomic E-state index is -0.269. The molecule has 5 nitrogen and oxygen atoms in total. The van der Waals surface area contributed by atoms with Gasteiger partial charge in [0.25, 0.3) is 0 Å². The maximum atomic E-state index is 12.7. The number of amides is 1. The molecular weight excluding hydrogens is 300 g/mol. The number of anilines is 1. The molecule has 2 heterocycles. The Morgan fingerprint density at radius 3 is 2.91 bits per heavy atom. The van der Waals surface area contributed by atoms with Crippen molar-refractivity contribution in [1.82, 2.24) is 4.98 Å². The fraction of sp³-hybridized carbons (Fsp3) is 0.750. The van der Waals surface area contributed by atoms with Crippen molar-refractivity contribution in [1.29, 1.82) is 0 Å². The summed E-state index contributed by atoms with van der Waals surface area (Å²) in [6, 6.07) is 0. The van der Waals surface area contributed by atoms with Crippen LogP contribution in [0, 0.1) is 23.2 Å². The summed E-state index contributed by atoms with van der Waals surface area (Å²) >= 11 is 1.52. The molecule has 1 unspecified atom stereocenters. The fourth-order valence-electron chi connectivity index (χ4n) is 5.28. The second-order valence-corrected chi connectivity index (χ2v) is 8.14. The average Bonchev–Trinajstić information content (AvgIpc) is 3.03. The number of rotatable bonds is 3. The molecule has 1 saturated heterocycles. The Hall–Kier alpha value is -0.980. The first-order valence-corrected chi connectivity index (χ1v) is 9.11. The molecule has 1 aromatic heterocycles. The van der Waals surface area contributed by atoms with Crippen LogP contribution in [0.3, 0.4) is 0 Å². The number of hydrogen-bond acceptors (Lipinski definition) is 5. The molecule has 1 aromatic rings. The lowest BCUT2D eigenvalue weighted by atomic mass is 9.98. The van der Waals surface area contributed by atoms with Crippen LogP contribution < -0.4 is 5.32 Å². The highest BCUT2D eigenvalue weighted by molar-refractivity contribution is 7.13. The number of hydrogen-bond donors (Lipinski definition) is 2. The topological polar surface area (TPSA) is 71.5 Å². The van der Waals surface area contributed by atoms with Gasteiger partial charge >= 0.3 is 0 Å². The summed E-state index contributed by atoms with van der Waals surface area (Å²) in [6.07, 6.45) is 3.68. The van der Waals surface area contributed by atoms with Gasteiger partial charge in [-0.3, -0.25) is 4.79 Å². The Kier molecular flexibility index (Phi) is 2.77. The number of carbonyl (C=O) groups excluding carboxylic acids is 1. The first kappa shape index (κ1) is 13.5. The number of carbonyl (C=O) groups is 1. The number of aromatic nitrogens is 1. The zero-order chi connectivity index (χ0) is 14.9. The maximum absolute atomic E-state index is 12.7. The van der Waals surface area contributed by atoms with E-state index < -0.39 is 0 Å². The highest BCUT2D eigenvalue weighted by Crippen LogP contribution is 2.79. The van der Waals surface area contributed by atoms with Crippen molar-refractivity contribution in [2.45, 2.75) is 37.7 Å². The van der Waals surface area contributed by atoms with E-state index in [0.29, 0.717) is 22.9 Å². The number of ether oxygens (including phenoxy) is 1. The molecule has 6 rings (SSSR count). The molecule has 5 atom stereocenters. The predicted octanol–water partition coefficient (Wildman–Crippen LogP) is 1.99. The van der Waals surface area contributed by atoms with Crippen molar-refractivity contribution in [2.75, 3.05) is 18.5 Å². The largest absolute Gasteiger partial charge is 0.393 e. The quantitative estimate of drug-likeness (QED) is 0.893. The van der Waals surface area contributed by atoms with Gasteiger partial charge in [-0.2, -0.15) is 0 Å². The van der Waals surface area contributed by atoms with Crippen LogP contribution in [0.1, 0.15) is 37.3 Å². The molecule has 2 N–H and O–H groups in total. The van der Waals surface area contributed by atoms with E-state index in [2.05, 4.69) is 15.7 Å². The third kappa shape index (κ3) is 1.66. The number of thiazole rings is 1. The minimum Gasteiger partial charge on any atom is -0.393 e. The molecule has 118 valence electrons. The van der Waals surface area contributed by atoms with E-state index in [1.165, 1.54) is 11.3 Å². The van der Waals surface area contributed by atoms with E-state index >= 15 is 0 Å². The Bertz CT molecular complexity index is 627. The van der Waals surface area contributed by atoms with Crippen molar-refractivity contribution in [3.63, 3.8) is 0 Å².